The number of rotatable bonds is 3. The molecule has 0 aromatic heterocycles. The van der Waals surface area contributed by atoms with Crippen LogP contribution in [0.1, 0.15) is 41.0 Å². The predicted molar refractivity (Wildman–Crippen MR) is 54.8 cm³/mol. The van der Waals surface area contributed by atoms with Crippen molar-refractivity contribution < 1.29 is 0 Å². The summed E-state index contributed by atoms with van der Waals surface area (Å²) < 4.78 is 0. The van der Waals surface area contributed by atoms with E-state index in [-0.39, 0.29) is 8.41 Å². The third kappa shape index (κ3) is 26.2. The monoisotopic (exact) mass is 154 g/mol. The number of nitrogens with one attached hydrogen (secondary N) is 1. The Morgan fingerprint density at radius 2 is 1.73 bits per heavy atom. The van der Waals surface area contributed by atoms with Gasteiger partial charge in [0.05, 0.1) is 0 Å². The molecule has 0 saturated carbocycles. The lowest BCUT2D eigenvalue weighted by Gasteiger charge is -2.01. The molecule has 0 saturated heterocycles. The average molecular weight is 154 g/mol. The summed E-state index contributed by atoms with van der Waals surface area (Å²) in [5.41, 5.74) is 0. The van der Waals surface area contributed by atoms with E-state index >= 15 is 0 Å². The molecular weight excluding hydrogens is 133 g/mol. The zero-order chi connectivity index (χ0) is 8.41. The van der Waals surface area contributed by atoms with Gasteiger partial charge in [0.25, 0.3) is 0 Å². The molecule has 0 aliphatic heterocycles. The third-order valence-electron chi connectivity index (χ3n) is 0.783. The summed E-state index contributed by atoms with van der Waals surface area (Å²) in [5.74, 6) is 0. The first-order valence-electron chi connectivity index (χ1n) is 4.18. The molecule has 1 nitrogen and oxygen atoms in total. The molecule has 1 N–H and O–H groups in total. The lowest BCUT2D eigenvalue weighted by atomic mass is 10.4. The summed E-state index contributed by atoms with van der Waals surface area (Å²) in [6.45, 7) is 10.4. The maximum absolute atomic E-state index is 3.17. The van der Waals surface area contributed by atoms with Gasteiger partial charge in [-0.15, -0.1) is 0 Å². The fraction of sp³-hybridized carbons (Fsp3) is 0.778. The first-order chi connectivity index (χ1) is 4.77. The van der Waals surface area contributed by atoms with E-state index in [1.54, 1.807) is 0 Å². The van der Waals surface area contributed by atoms with Crippen LogP contribution in [-0.4, -0.2) is 14.5 Å². The van der Waals surface area contributed by atoms with Gasteiger partial charge in [-0.1, -0.05) is 26.8 Å². The van der Waals surface area contributed by atoms with E-state index in [2.05, 4.69) is 32.2 Å². The third-order valence-corrected chi connectivity index (χ3v) is 0.783. The molecule has 2 heteroatoms. The smallest absolute Gasteiger partial charge is 0.0199 e. The molecule has 0 spiro atoms. The molecule has 11 heavy (non-hydrogen) atoms. The minimum Gasteiger partial charge on any atom is -0.389 e. The van der Waals surface area contributed by atoms with E-state index in [0.717, 1.165) is 6.42 Å². The van der Waals surface area contributed by atoms with Crippen LogP contribution in [0.3, 0.4) is 0 Å². The van der Waals surface area contributed by atoms with Crippen LogP contribution in [-0.2, 0) is 0 Å². The Morgan fingerprint density at radius 3 is 2.00 bits per heavy atom. The number of allylic oxidation sites excluding steroid dienone is 1. The molecular formula is C9H21BN. The summed E-state index contributed by atoms with van der Waals surface area (Å²) in [7, 11) is 0. The van der Waals surface area contributed by atoms with E-state index in [0.29, 0.717) is 6.04 Å². The van der Waals surface area contributed by atoms with Crippen molar-refractivity contribution in [1.82, 2.24) is 5.32 Å². The highest BCUT2D eigenvalue weighted by Crippen LogP contribution is 1.78. The summed E-state index contributed by atoms with van der Waals surface area (Å²) in [4.78, 5) is 0. The summed E-state index contributed by atoms with van der Waals surface area (Å²) >= 11 is 0. The van der Waals surface area contributed by atoms with Crippen molar-refractivity contribution in [1.29, 1.82) is 0 Å². The molecule has 0 unspecified atom stereocenters. The van der Waals surface area contributed by atoms with Crippen LogP contribution in [0.4, 0.5) is 0 Å². The highest BCUT2D eigenvalue weighted by Gasteiger charge is 1.80. The van der Waals surface area contributed by atoms with E-state index < -0.39 is 0 Å². The molecule has 0 rings (SSSR count). The Bertz CT molecular complexity index is 70.0. The lowest BCUT2D eigenvalue weighted by Crippen LogP contribution is -2.14. The minimum atomic E-state index is 0. The Morgan fingerprint density at radius 1 is 1.27 bits per heavy atom. The fourth-order valence-electron chi connectivity index (χ4n) is 0.378. The van der Waals surface area contributed by atoms with Crippen molar-refractivity contribution in [2.75, 3.05) is 0 Å². The molecule has 0 aliphatic rings. The second kappa shape index (κ2) is 16.3. The van der Waals surface area contributed by atoms with Crippen molar-refractivity contribution in [3.8, 4) is 0 Å². The maximum Gasteiger partial charge on any atom is 0.0199 e. The molecule has 0 atom stereocenters. The predicted octanol–water partition coefficient (Wildman–Crippen LogP) is 2.55. The van der Waals surface area contributed by atoms with Gasteiger partial charge in [-0.3, -0.25) is 0 Å². The Balaban J connectivity index is -0.000000196. The van der Waals surface area contributed by atoms with E-state index in [1.807, 2.05) is 20.0 Å². The Hall–Kier alpha value is -0.395. The van der Waals surface area contributed by atoms with Gasteiger partial charge in [-0.2, -0.15) is 0 Å². The number of hydrogen-bond acceptors (Lipinski definition) is 1. The molecule has 0 bridgehead atoms. The van der Waals surface area contributed by atoms with Gasteiger partial charge >= 0.3 is 0 Å². The lowest BCUT2D eigenvalue weighted by molar-refractivity contribution is 0.700. The molecule has 3 radical (unpaired) electrons. The highest BCUT2D eigenvalue weighted by atomic mass is 14.9. The quantitative estimate of drug-likeness (QED) is 0.616. The van der Waals surface area contributed by atoms with Gasteiger partial charge in [-0.25, -0.2) is 0 Å². The van der Waals surface area contributed by atoms with Crippen LogP contribution >= 0.6 is 0 Å². The largest absolute Gasteiger partial charge is 0.389 e. The molecule has 0 aromatic rings. The van der Waals surface area contributed by atoms with Gasteiger partial charge in [0.2, 0.25) is 0 Å². The van der Waals surface area contributed by atoms with Crippen molar-refractivity contribution >= 4 is 8.41 Å². The standard InChI is InChI=1S/C7H15N.C2H6.B/c1-4-5-6-8-7(2)3;1-2;/h5-8H,4H2,1-3H3;1-2H3;/b6-5-;;. The normalized spacial score (nSPS) is 8.55. The molecule has 65 valence electrons. The summed E-state index contributed by atoms with van der Waals surface area (Å²) in [6, 6.07) is 0.567. The summed E-state index contributed by atoms with van der Waals surface area (Å²) in [5, 5.41) is 3.17. The van der Waals surface area contributed by atoms with Gasteiger partial charge in [0.15, 0.2) is 0 Å². The van der Waals surface area contributed by atoms with Crippen LogP contribution in [0.5, 0.6) is 0 Å². The van der Waals surface area contributed by atoms with Crippen LogP contribution in [0.2, 0.25) is 0 Å². The Kier molecular flexibility index (Phi) is 25.1. The summed E-state index contributed by atoms with van der Waals surface area (Å²) in [6.07, 6.45) is 5.23. The van der Waals surface area contributed by atoms with Crippen LogP contribution in [0.25, 0.3) is 0 Å². The van der Waals surface area contributed by atoms with E-state index in [4.69, 9.17) is 0 Å². The van der Waals surface area contributed by atoms with Crippen molar-refractivity contribution in [3.63, 3.8) is 0 Å². The zero-order valence-electron chi connectivity index (χ0n) is 8.52. The van der Waals surface area contributed by atoms with Gasteiger partial charge in [0.1, 0.15) is 0 Å². The van der Waals surface area contributed by atoms with Crippen LogP contribution in [0.15, 0.2) is 12.3 Å². The first-order valence-corrected chi connectivity index (χ1v) is 4.18. The van der Waals surface area contributed by atoms with Crippen molar-refractivity contribution in [2.45, 2.75) is 47.1 Å². The zero-order valence-corrected chi connectivity index (χ0v) is 8.52. The van der Waals surface area contributed by atoms with Crippen LogP contribution < -0.4 is 5.32 Å². The van der Waals surface area contributed by atoms with E-state index in [1.165, 1.54) is 0 Å². The van der Waals surface area contributed by atoms with Gasteiger partial charge < -0.3 is 5.32 Å². The fourth-order valence-corrected chi connectivity index (χ4v) is 0.378. The molecule has 0 amide bonds. The second-order valence-corrected chi connectivity index (χ2v) is 2.13. The van der Waals surface area contributed by atoms with E-state index in [9.17, 15) is 0 Å². The average Bonchev–Trinajstić information content (AvgIpc) is 1.92. The van der Waals surface area contributed by atoms with Crippen LogP contribution in [0, 0.1) is 0 Å². The highest BCUT2D eigenvalue weighted by molar-refractivity contribution is 5.75. The minimum absolute atomic E-state index is 0. The van der Waals surface area contributed by atoms with Crippen molar-refractivity contribution in [3.05, 3.63) is 12.3 Å². The molecule has 0 heterocycles. The maximum atomic E-state index is 3.17. The molecule has 0 fully saturated rings. The topological polar surface area (TPSA) is 12.0 Å². The molecule has 0 aliphatic carbocycles. The van der Waals surface area contributed by atoms with Crippen molar-refractivity contribution in [2.24, 2.45) is 0 Å². The molecule has 0 aromatic carbocycles. The first kappa shape index (κ1) is 16.9. The second-order valence-electron chi connectivity index (χ2n) is 2.13. The Labute approximate surface area is 73.8 Å². The number of hydrogen-bond donors (Lipinski definition) is 1. The van der Waals surface area contributed by atoms with Gasteiger partial charge in [-0.05, 0) is 26.5 Å². The van der Waals surface area contributed by atoms with Gasteiger partial charge in [0, 0.05) is 14.5 Å². The SMILES string of the molecule is CC.CC/C=C\NC(C)C.[B].